The van der Waals surface area contributed by atoms with E-state index in [4.69, 9.17) is 0 Å². The lowest BCUT2D eigenvalue weighted by atomic mass is 10.2. The van der Waals surface area contributed by atoms with Crippen LogP contribution < -0.4 is 5.32 Å². The van der Waals surface area contributed by atoms with Crippen LogP contribution in [0.5, 0.6) is 0 Å². The van der Waals surface area contributed by atoms with Crippen LogP contribution in [0.2, 0.25) is 0 Å². The summed E-state index contributed by atoms with van der Waals surface area (Å²) in [5.41, 5.74) is 0. The van der Waals surface area contributed by atoms with Gasteiger partial charge in [0.2, 0.25) is 0 Å². The van der Waals surface area contributed by atoms with E-state index >= 15 is 0 Å². The molecule has 98 valence electrons. The van der Waals surface area contributed by atoms with Crippen LogP contribution in [0.4, 0.5) is 0 Å². The highest BCUT2D eigenvalue weighted by Gasteiger charge is 2.14. The van der Waals surface area contributed by atoms with Crippen LogP contribution in [-0.2, 0) is 0 Å². The molecule has 19 heavy (non-hydrogen) atoms. The first-order valence-electron chi connectivity index (χ1n) is 6.38. The summed E-state index contributed by atoms with van der Waals surface area (Å²) in [5, 5.41) is 8.12. The van der Waals surface area contributed by atoms with Gasteiger partial charge in [0.25, 0.3) is 0 Å². The van der Waals surface area contributed by atoms with Crippen molar-refractivity contribution in [2.75, 3.05) is 0 Å². The van der Waals surface area contributed by atoms with Gasteiger partial charge in [-0.3, -0.25) is 0 Å². The monoisotopic (exact) mass is 288 g/mol. The third kappa shape index (κ3) is 2.71. The minimum atomic E-state index is 0.292. The largest absolute Gasteiger partial charge is 0.301 e. The zero-order valence-electron chi connectivity index (χ0n) is 11.0. The fourth-order valence-electron chi connectivity index (χ4n) is 2.19. The van der Waals surface area contributed by atoms with Crippen molar-refractivity contribution in [2.45, 2.75) is 25.9 Å². The molecule has 0 aliphatic rings. The molecule has 2 aromatic heterocycles. The molecule has 3 aromatic rings. The Morgan fingerprint density at radius 1 is 1.16 bits per heavy atom. The third-order valence-corrected chi connectivity index (χ3v) is 5.45. The summed E-state index contributed by atoms with van der Waals surface area (Å²) in [4.78, 5) is 5.74. The van der Waals surface area contributed by atoms with Gasteiger partial charge in [0, 0.05) is 27.2 Å². The molecule has 0 fully saturated rings. The topological polar surface area (TPSA) is 24.9 Å². The van der Waals surface area contributed by atoms with E-state index in [2.05, 4.69) is 54.5 Å². The molecule has 4 heteroatoms. The SMILES string of the molecule is CC(NC(C)c1nccs1)c1cc2ccccc2s1. The highest BCUT2D eigenvalue weighted by Crippen LogP contribution is 2.31. The van der Waals surface area contributed by atoms with Crippen molar-refractivity contribution in [1.29, 1.82) is 0 Å². The maximum atomic E-state index is 4.37. The van der Waals surface area contributed by atoms with Gasteiger partial charge in [0.15, 0.2) is 0 Å². The highest BCUT2D eigenvalue weighted by atomic mass is 32.1. The molecule has 1 aromatic carbocycles. The van der Waals surface area contributed by atoms with Crippen LogP contribution in [0.25, 0.3) is 10.1 Å². The predicted octanol–water partition coefficient (Wildman–Crippen LogP) is 4.77. The predicted molar refractivity (Wildman–Crippen MR) is 83.9 cm³/mol. The van der Waals surface area contributed by atoms with Crippen LogP contribution in [0.3, 0.4) is 0 Å². The molecule has 0 aliphatic heterocycles. The van der Waals surface area contributed by atoms with Gasteiger partial charge >= 0.3 is 0 Å². The zero-order valence-corrected chi connectivity index (χ0v) is 12.6. The minimum absolute atomic E-state index is 0.292. The van der Waals surface area contributed by atoms with Gasteiger partial charge in [-0.15, -0.1) is 22.7 Å². The van der Waals surface area contributed by atoms with Gasteiger partial charge in [-0.05, 0) is 31.4 Å². The van der Waals surface area contributed by atoms with E-state index in [1.54, 1.807) is 11.3 Å². The molecule has 2 nitrogen and oxygen atoms in total. The molecule has 0 aliphatic carbocycles. The number of fused-ring (bicyclic) bond motifs is 1. The molecule has 2 atom stereocenters. The summed E-state index contributed by atoms with van der Waals surface area (Å²) in [6, 6.07) is 11.5. The van der Waals surface area contributed by atoms with Gasteiger partial charge < -0.3 is 5.32 Å². The summed E-state index contributed by atoms with van der Waals surface area (Å²) < 4.78 is 1.35. The van der Waals surface area contributed by atoms with Crippen molar-refractivity contribution < 1.29 is 0 Å². The van der Waals surface area contributed by atoms with E-state index < -0.39 is 0 Å². The Balaban J connectivity index is 1.78. The summed E-state index contributed by atoms with van der Waals surface area (Å²) in [7, 11) is 0. The van der Waals surface area contributed by atoms with Gasteiger partial charge in [0.1, 0.15) is 5.01 Å². The van der Waals surface area contributed by atoms with Gasteiger partial charge in [0.05, 0.1) is 6.04 Å². The lowest BCUT2D eigenvalue weighted by Gasteiger charge is -2.17. The Labute approximate surface area is 121 Å². The molecule has 0 spiro atoms. The first-order chi connectivity index (χ1) is 9.24. The van der Waals surface area contributed by atoms with Crippen molar-refractivity contribution in [3.63, 3.8) is 0 Å². The molecule has 0 saturated heterocycles. The minimum Gasteiger partial charge on any atom is -0.301 e. The summed E-state index contributed by atoms with van der Waals surface area (Å²) >= 11 is 3.57. The van der Waals surface area contributed by atoms with Crippen LogP contribution >= 0.6 is 22.7 Å². The number of aromatic nitrogens is 1. The van der Waals surface area contributed by atoms with Gasteiger partial charge in [-0.1, -0.05) is 18.2 Å². The molecule has 0 amide bonds. The van der Waals surface area contributed by atoms with E-state index in [0.29, 0.717) is 12.1 Å². The number of thiazole rings is 1. The van der Waals surface area contributed by atoms with Crippen LogP contribution in [0.1, 0.15) is 35.8 Å². The van der Waals surface area contributed by atoms with Crippen LogP contribution in [-0.4, -0.2) is 4.98 Å². The van der Waals surface area contributed by atoms with Crippen molar-refractivity contribution in [3.8, 4) is 0 Å². The maximum absolute atomic E-state index is 4.37. The molecule has 2 heterocycles. The number of nitrogens with one attached hydrogen (secondary N) is 1. The average Bonchev–Trinajstić information content (AvgIpc) is 3.07. The van der Waals surface area contributed by atoms with Crippen molar-refractivity contribution in [1.82, 2.24) is 10.3 Å². The number of nitrogens with zero attached hydrogens (tertiary/aromatic N) is 1. The Morgan fingerprint density at radius 2 is 2.00 bits per heavy atom. The zero-order chi connectivity index (χ0) is 13.2. The first kappa shape index (κ1) is 12.8. The third-order valence-electron chi connectivity index (χ3n) is 3.19. The molecule has 0 bridgehead atoms. The Morgan fingerprint density at radius 3 is 2.74 bits per heavy atom. The van der Waals surface area contributed by atoms with Gasteiger partial charge in [-0.25, -0.2) is 4.98 Å². The molecule has 2 unspecified atom stereocenters. The Bertz CT molecular complexity index is 625. The standard InChI is InChI=1S/C15H16N2S2/c1-10(17-11(2)15-16-7-8-18-15)14-9-12-5-3-4-6-13(12)19-14/h3-11,17H,1-2H3. The number of thiophene rings is 1. The lowest BCUT2D eigenvalue weighted by Crippen LogP contribution is -2.21. The Kier molecular flexibility index (Phi) is 3.64. The van der Waals surface area contributed by atoms with E-state index in [-0.39, 0.29) is 0 Å². The second kappa shape index (κ2) is 5.41. The van der Waals surface area contributed by atoms with Crippen molar-refractivity contribution in [2.24, 2.45) is 0 Å². The highest BCUT2D eigenvalue weighted by molar-refractivity contribution is 7.19. The summed E-state index contributed by atoms with van der Waals surface area (Å²) in [5.74, 6) is 0. The fraction of sp³-hybridized carbons (Fsp3) is 0.267. The quantitative estimate of drug-likeness (QED) is 0.748. The number of hydrogen-bond donors (Lipinski definition) is 1. The second-order valence-corrected chi connectivity index (χ2v) is 6.71. The first-order valence-corrected chi connectivity index (χ1v) is 8.07. The van der Waals surface area contributed by atoms with E-state index in [1.807, 2.05) is 22.9 Å². The second-order valence-electron chi connectivity index (χ2n) is 4.67. The summed E-state index contributed by atoms with van der Waals surface area (Å²) in [6.07, 6.45) is 1.86. The molecule has 0 radical (unpaired) electrons. The fourth-order valence-corrected chi connectivity index (χ4v) is 3.92. The van der Waals surface area contributed by atoms with E-state index in [0.717, 1.165) is 5.01 Å². The molecule has 0 saturated carbocycles. The molecular weight excluding hydrogens is 272 g/mol. The number of hydrogen-bond acceptors (Lipinski definition) is 4. The van der Waals surface area contributed by atoms with Gasteiger partial charge in [-0.2, -0.15) is 0 Å². The Hall–Kier alpha value is -1.23. The van der Waals surface area contributed by atoms with Crippen LogP contribution in [0.15, 0.2) is 41.9 Å². The number of benzene rings is 1. The van der Waals surface area contributed by atoms with Crippen molar-refractivity contribution in [3.05, 3.63) is 51.8 Å². The number of rotatable bonds is 4. The molecular formula is C15H16N2S2. The molecule has 1 N–H and O–H groups in total. The maximum Gasteiger partial charge on any atom is 0.109 e. The van der Waals surface area contributed by atoms with Crippen LogP contribution in [0, 0.1) is 0 Å². The molecule has 3 rings (SSSR count). The van der Waals surface area contributed by atoms with Crippen molar-refractivity contribution >= 4 is 32.8 Å². The van der Waals surface area contributed by atoms with E-state index in [9.17, 15) is 0 Å². The average molecular weight is 288 g/mol. The van der Waals surface area contributed by atoms with E-state index in [1.165, 1.54) is 15.0 Å². The lowest BCUT2D eigenvalue weighted by molar-refractivity contribution is 0.498. The summed E-state index contributed by atoms with van der Waals surface area (Å²) in [6.45, 7) is 4.39. The normalized spacial score (nSPS) is 14.6. The smallest absolute Gasteiger partial charge is 0.109 e.